The molecule has 0 N–H and O–H groups in total. The minimum atomic E-state index is 0.156. The molecule has 2 rings (SSSR count). The van der Waals surface area contributed by atoms with Crippen molar-refractivity contribution in [2.24, 2.45) is 5.92 Å². The molecule has 0 aliphatic carbocycles. The summed E-state index contributed by atoms with van der Waals surface area (Å²) < 4.78 is 0. The van der Waals surface area contributed by atoms with Crippen LogP contribution in [0.25, 0.3) is 0 Å². The zero-order valence-corrected chi connectivity index (χ0v) is 11.4. The summed E-state index contributed by atoms with van der Waals surface area (Å²) in [6.45, 7) is 4.43. The van der Waals surface area contributed by atoms with Gasteiger partial charge in [0.1, 0.15) is 5.78 Å². The van der Waals surface area contributed by atoms with Crippen LogP contribution in [0.2, 0.25) is 0 Å². The maximum absolute atomic E-state index is 12.2. The SMILES string of the molecule is CC(C)CCCC(=O)C1CSc2ccccc21. The van der Waals surface area contributed by atoms with E-state index in [4.69, 9.17) is 0 Å². The highest BCUT2D eigenvalue weighted by atomic mass is 32.2. The van der Waals surface area contributed by atoms with Crippen molar-refractivity contribution in [1.82, 2.24) is 0 Å². The quantitative estimate of drug-likeness (QED) is 0.774. The zero-order valence-electron chi connectivity index (χ0n) is 10.6. The Bertz CT molecular complexity index is 398. The summed E-state index contributed by atoms with van der Waals surface area (Å²) in [4.78, 5) is 13.5. The molecule has 0 radical (unpaired) electrons. The van der Waals surface area contributed by atoms with Crippen LogP contribution in [0.5, 0.6) is 0 Å². The number of hydrogen-bond acceptors (Lipinski definition) is 2. The first-order valence-electron chi connectivity index (χ1n) is 6.43. The fourth-order valence-electron chi connectivity index (χ4n) is 2.29. The molecular formula is C15H20OS. The van der Waals surface area contributed by atoms with Crippen molar-refractivity contribution >= 4 is 17.5 Å². The Hall–Kier alpha value is -0.760. The van der Waals surface area contributed by atoms with E-state index in [0.717, 1.165) is 25.0 Å². The standard InChI is InChI=1S/C15H20OS/c1-11(2)6-5-8-14(16)13-10-17-15-9-4-3-7-12(13)15/h3-4,7,9,11,13H,5-6,8,10H2,1-2H3. The molecule has 1 aromatic rings. The summed E-state index contributed by atoms with van der Waals surface area (Å²) in [5, 5.41) is 0. The van der Waals surface area contributed by atoms with E-state index in [9.17, 15) is 4.79 Å². The highest BCUT2D eigenvalue weighted by Crippen LogP contribution is 2.40. The molecule has 92 valence electrons. The fourth-order valence-corrected chi connectivity index (χ4v) is 3.55. The maximum Gasteiger partial charge on any atom is 0.141 e. The van der Waals surface area contributed by atoms with Crippen LogP contribution in [-0.2, 0) is 4.79 Å². The van der Waals surface area contributed by atoms with Crippen molar-refractivity contribution in [3.05, 3.63) is 29.8 Å². The van der Waals surface area contributed by atoms with Crippen LogP contribution < -0.4 is 0 Å². The number of hydrogen-bond donors (Lipinski definition) is 0. The maximum atomic E-state index is 12.2. The second-order valence-corrected chi connectivity index (χ2v) is 6.22. The molecule has 1 aromatic carbocycles. The van der Waals surface area contributed by atoms with Crippen LogP contribution in [0.4, 0.5) is 0 Å². The summed E-state index contributed by atoms with van der Waals surface area (Å²) >= 11 is 1.82. The second-order valence-electron chi connectivity index (χ2n) is 5.15. The molecule has 1 unspecified atom stereocenters. The summed E-state index contributed by atoms with van der Waals surface area (Å²) in [6, 6.07) is 8.33. The first-order valence-corrected chi connectivity index (χ1v) is 7.41. The third-order valence-corrected chi connectivity index (χ3v) is 4.48. The molecule has 1 aliphatic rings. The summed E-state index contributed by atoms with van der Waals surface area (Å²) in [5.41, 5.74) is 1.26. The van der Waals surface area contributed by atoms with E-state index >= 15 is 0 Å². The molecule has 1 atom stereocenters. The van der Waals surface area contributed by atoms with Gasteiger partial charge in [0, 0.05) is 17.1 Å². The fraction of sp³-hybridized carbons (Fsp3) is 0.533. The monoisotopic (exact) mass is 248 g/mol. The van der Waals surface area contributed by atoms with E-state index in [1.165, 1.54) is 10.5 Å². The van der Waals surface area contributed by atoms with Gasteiger partial charge in [0.25, 0.3) is 0 Å². The van der Waals surface area contributed by atoms with Crippen LogP contribution in [-0.4, -0.2) is 11.5 Å². The number of fused-ring (bicyclic) bond motifs is 1. The van der Waals surface area contributed by atoms with Gasteiger partial charge in [0.15, 0.2) is 0 Å². The number of Topliss-reactive ketones (excluding diaryl/α,β-unsaturated/α-hetero) is 1. The van der Waals surface area contributed by atoms with Gasteiger partial charge in [-0.05, 0) is 24.0 Å². The molecule has 0 fully saturated rings. The van der Waals surface area contributed by atoms with Gasteiger partial charge in [-0.25, -0.2) is 0 Å². The zero-order chi connectivity index (χ0) is 12.3. The largest absolute Gasteiger partial charge is 0.299 e. The number of carbonyl (C=O) groups excluding carboxylic acids is 1. The Morgan fingerprint density at radius 2 is 2.18 bits per heavy atom. The van der Waals surface area contributed by atoms with Crippen LogP contribution >= 0.6 is 11.8 Å². The molecule has 0 amide bonds. The van der Waals surface area contributed by atoms with Gasteiger partial charge in [-0.3, -0.25) is 4.79 Å². The molecule has 1 heterocycles. The van der Waals surface area contributed by atoms with Gasteiger partial charge in [-0.2, -0.15) is 0 Å². The normalized spacial score (nSPS) is 18.4. The van der Waals surface area contributed by atoms with E-state index in [0.29, 0.717) is 11.7 Å². The molecule has 0 saturated heterocycles. The Morgan fingerprint density at radius 1 is 1.41 bits per heavy atom. The number of rotatable bonds is 5. The van der Waals surface area contributed by atoms with E-state index < -0.39 is 0 Å². The minimum absolute atomic E-state index is 0.156. The molecule has 0 aromatic heterocycles. The van der Waals surface area contributed by atoms with Crippen molar-refractivity contribution in [2.75, 3.05) is 5.75 Å². The molecule has 0 saturated carbocycles. The van der Waals surface area contributed by atoms with Crippen molar-refractivity contribution < 1.29 is 4.79 Å². The van der Waals surface area contributed by atoms with Crippen LogP contribution in [0.15, 0.2) is 29.2 Å². The minimum Gasteiger partial charge on any atom is -0.299 e. The average Bonchev–Trinajstić information content (AvgIpc) is 2.72. The Kier molecular flexibility index (Phi) is 4.27. The lowest BCUT2D eigenvalue weighted by molar-refractivity contribution is -0.120. The van der Waals surface area contributed by atoms with Crippen molar-refractivity contribution in [3.8, 4) is 0 Å². The smallest absolute Gasteiger partial charge is 0.141 e. The first-order chi connectivity index (χ1) is 8.18. The molecule has 0 bridgehead atoms. The second kappa shape index (κ2) is 5.72. The van der Waals surface area contributed by atoms with Crippen molar-refractivity contribution in [1.29, 1.82) is 0 Å². The topological polar surface area (TPSA) is 17.1 Å². The summed E-state index contributed by atoms with van der Waals surface area (Å²) in [5.74, 6) is 2.24. The van der Waals surface area contributed by atoms with Gasteiger partial charge < -0.3 is 0 Å². The van der Waals surface area contributed by atoms with Gasteiger partial charge in [0.05, 0.1) is 5.92 Å². The number of benzene rings is 1. The van der Waals surface area contributed by atoms with Gasteiger partial charge in [-0.15, -0.1) is 11.8 Å². The van der Waals surface area contributed by atoms with E-state index in [-0.39, 0.29) is 5.92 Å². The molecule has 17 heavy (non-hydrogen) atoms. The third-order valence-electron chi connectivity index (χ3n) is 3.29. The number of carbonyl (C=O) groups is 1. The lowest BCUT2D eigenvalue weighted by atomic mass is 9.93. The van der Waals surface area contributed by atoms with Crippen molar-refractivity contribution in [2.45, 2.75) is 43.9 Å². The third kappa shape index (κ3) is 3.12. The average molecular weight is 248 g/mol. The van der Waals surface area contributed by atoms with E-state index in [1.54, 1.807) is 0 Å². The molecule has 1 aliphatic heterocycles. The summed E-state index contributed by atoms with van der Waals surface area (Å²) in [7, 11) is 0. The lowest BCUT2D eigenvalue weighted by Crippen LogP contribution is -2.12. The Balaban J connectivity index is 1.93. The molecule has 2 heteroatoms. The highest BCUT2D eigenvalue weighted by Gasteiger charge is 2.28. The van der Waals surface area contributed by atoms with Crippen LogP contribution in [0.1, 0.15) is 44.6 Å². The Morgan fingerprint density at radius 3 is 2.94 bits per heavy atom. The summed E-state index contributed by atoms with van der Waals surface area (Å²) in [6.07, 6.45) is 2.95. The number of thioether (sulfide) groups is 1. The van der Waals surface area contributed by atoms with E-state index in [2.05, 4.69) is 32.0 Å². The van der Waals surface area contributed by atoms with Crippen molar-refractivity contribution in [3.63, 3.8) is 0 Å². The number of ketones is 1. The van der Waals surface area contributed by atoms with Crippen LogP contribution in [0, 0.1) is 5.92 Å². The first kappa shape index (κ1) is 12.7. The molecule has 1 nitrogen and oxygen atoms in total. The van der Waals surface area contributed by atoms with Gasteiger partial charge in [-0.1, -0.05) is 38.5 Å². The van der Waals surface area contributed by atoms with Gasteiger partial charge in [0.2, 0.25) is 0 Å². The highest BCUT2D eigenvalue weighted by molar-refractivity contribution is 7.99. The van der Waals surface area contributed by atoms with Gasteiger partial charge >= 0.3 is 0 Å². The lowest BCUT2D eigenvalue weighted by Gasteiger charge is -2.10. The van der Waals surface area contributed by atoms with Crippen LogP contribution in [0.3, 0.4) is 0 Å². The predicted molar refractivity (Wildman–Crippen MR) is 73.6 cm³/mol. The Labute approximate surface area is 108 Å². The van der Waals surface area contributed by atoms with E-state index in [1.807, 2.05) is 17.8 Å². The predicted octanol–water partition coefficient (Wildman–Crippen LogP) is 4.27. The molecular weight excluding hydrogens is 228 g/mol. The molecule has 0 spiro atoms.